The molecule has 0 spiro atoms. The van der Waals surface area contributed by atoms with Gasteiger partial charge in [-0.1, -0.05) is 114 Å². The zero-order valence-electron chi connectivity index (χ0n) is 27.8. The molecule has 0 radical (unpaired) electrons. The van der Waals surface area contributed by atoms with Crippen LogP contribution in [0, 0.1) is 0 Å². The predicted molar refractivity (Wildman–Crippen MR) is 189 cm³/mol. The van der Waals surface area contributed by atoms with E-state index in [-0.39, 0.29) is 10.8 Å². The van der Waals surface area contributed by atoms with Crippen LogP contribution in [0.25, 0.3) is 0 Å². The highest BCUT2D eigenvalue weighted by molar-refractivity contribution is 8.76. The van der Waals surface area contributed by atoms with Gasteiger partial charge < -0.3 is 18.9 Å². The van der Waals surface area contributed by atoms with E-state index < -0.39 is 19.0 Å². The summed E-state index contributed by atoms with van der Waals surface area (Å²) in [6.45, 7) is 16.8. The van der Waals surface area contributed by atoms with Crippen molar-refractivity contribution in [2.75, 3.05) is 37.9 Å². The van der Waals surface area contributed by atoms with Crippen molar-refractivity contribution in [3.05, 3.63) is 0 Å². The molecule has 0 saturated heterocycles. The molecule has 0 saturated carbocycles. The average molecular weight is 639 g/mol. The van der Waals surface area contributed by atoms with E-state index in [0.29, 0.717) is 0 Å². The molecule has 0 bridgehead atoms. The van der Waals surface area contributed by atoms with Gasteiger partial charge in [-0.05, 0) is 64.2 Å². The Morgan fingerprint density at radius 3 is 1.07 bits per heavy atom. The van der Waals surface area contributed by atoms with Crippen molar-refractivity contribution >= 4 is 40.6 Å². The number of hydrogen-bond acceptors (Lipinski definition) is 6. The largest absolute Gasteiger partial charge is 0.354 e. The van der Waals surface area contributed by atoms with Crippen LogP contribution in [0.3, 0.4) is 0 Å². The summed E-state index contributed by atoms with van der Waals surface area (Å²) in [6, 6.07) is 2.70. The third kappa shape index (κ3) is 22.5. The van der Waals surface area contributed by atoms with E-state index in [1.54, 1.807) is 0 Å². The predicted octanol–water partition coefficient (Wildman–Crippen LogP) is 9.28. The molecule has 4 nitrogen and oxygen atoms in total. The van der Waals surface area contributed by atoms with Crippen LogP contribution in [0.4, 0.5) is 0 Å². The lowest BCUT2D eigenvalue weighted by molar-refractivity contribution is -0.186. The Morgan fingerprint density at radius 1 is 0.425 bits per heavy atom. The summed E-state index contributed by atoms with van der Waals surface area (Å²) in [6.07, 6.45) is 19.4. The van der Waals surface area contributed by atoms with Crippen molar-refractivity contribution in [1.29, 1.82) is 0 Å². The Morgan fingerprint density at radius 2 is 0.775 bits per heavy atom. The van der Waals surface area contributed by atoms with Crippen LogP contribution in [0.1, 0.15) is 144 Å². The molecule has 8 heteroatoms. The lowest BCUT2D eigenvalue weighted by atomic mass is 10.2. The molecule has 0 aliphatic carbocycles. The average Bonchev–Trinajstić information content (AvgIpc) is 2.97. The highest BCUT2D eigenvalue weighted by Gasteiger charge is 2.32. The van der Waals surface area contributed by atoms with E-state index in [0.717, 1.165) is 65.0 Å². The lowest BCUT2D eigenvalue weighted by Crippen LogP contribution is -2.43. The Bertz CT molecular complexity index is 457. The van der Waals surface area contributed by atoms with E-state index in [1.165, 1.54) is 87.8 Å². The summed E-state index contributed by atoms with van der Waals surface area (Å²) in [5, 5.41) is 0. The summed E-state index contributed by atoms with van der Waals surface area (Å²) in [4.78, 5) is 0. The quantitative estimate of drug-likeness (QED) is 0.0309. The molecule has 0 N–H and O–H groups in total. The number of hydrogen-bond donors (Lipinski definition) is 0. The molecule has 0 amide bonds. The van der Waals surface area contributed by atoms with Crippen LogP contribution in [0.15, 0.2) is 0 Å². The molecule has 0 rings (SSSR count). The van der Waals surface area contributed by atoms with Crippen molar-refractivity contribution in [1.82, 2.24) is 0 Å². The van der Waals surface area contributed by atoms with E-state index >= 15 is 0 Å². The van der Waals surface area contributed by atoms with Gasteiger partial charge in [-0.3, -0.25) is 0 Å². The number of rotatable bonds is 33. The first kappa shape index (κ1) is 41.0. The minimum atomic E-state index is -0.402. The lowest BCUT2D eigenvalue weighted by Gasteiger charge is -2.34. The first-order valence-electron chi connectivity index (χ1n) is 17.4. The molecular formula is C32H70O4S2Si2. The van der Waals surface area contributed by atoms with Crippen molar-refractivity contribution in [2.24, 2.45) is 0 Å². The monoisotopic (exact) mass is 638 g/mol. The molecule has 0 aliphatic heterocycles. The molecule has 0 atom stereocenters. The summed E-state index contributed by atoms with van der Waals surface area (Å²) in [7, 11) is 3.32. The number of ether oxygens (including phenoxy) is 4. The van der Waals surface area contributed by atoms with Crippen LogP contribution in [-0.4, -0.2) is 67.8 Å². The number of unbranched alkanes of at least 4 members (excludes halogenated alkanes) is 6. The van der Waals surface area contributed by atoms with Crippen molar-refractivity contribution in [3.8, 4) is 0 Å². The molecule has 0 aromatic rings. The van der Waals surface area contributed by atoms with Crippen LogP contribution >= 0.6 is 21.6 Å². The van der Waals surface area contributed by atoms with Gasteiger partial charge in [0.15, 0.2) is 0 Å². The van der Waals surface area contributed by atoms with Crippen molar-refractivity contribution in [2.45, 2.75) is 167 Å². The zero-order chi connectivity index (χ0) is 29.6. The summed E-state index contributed by atoms with van der Waals surface area (Å²) in [5.74, 6) is 2.46. The highest BCUT2D eigenvalue weighted by atomic mass is 33.1. The van der Waals surface area contributed by atoms with Gasteiger partial charge in [-0.25, -0.2) is 0 Å². The third-order valence-corrected chi connectivity index (χ3v) is 14.6. The topological polar surface area (TPSA) is 36.9 Å². The fourth-order valence-electron chi connectivity index (χ4n) is 4.93. The van der Waals surface area contributed by atoms with Crippen LogP contribution in [0.2, 0.25) is 12.1 Å². The maximum absolute atomic E-state index is 6.46. The van der Waals surface area contributed by atoms with E-state index in [4.69, 9.17) is 18.9 Å². The Labute approximate surface area is 263 Å². The zero-order valence-corrected chi connectivity index (χ0v) is 32.3. The molecule has 40 heavy (non-hydrogen) atoms. The van der Waals surface area contributed by atoms with Gasteiger partial charge >= 0.3 is 0 Å². The molecule has 0 aromatic heterocycles. The van der Waals surface area contributed by atoms with Gasteiger partial charge in [-0.15, -0.1) is 0 Å². The molecule has 0 heterocycles. The van der Waals surface area contributed by atoms with Crippen molar-refractivity contribution < 1.29 is 18.9 Å². The molecule has 0 fully saturated rings. The normalized spacial score (nSPS) is 13.1. The van der Waals surface area contributed by atoms with E-state index in [1.807, 2.05) is 0 Å². The molecular weight excluding hydrogens is 569 g/mol. The van der Waals surface area contributed by atoms with Crippen molar-refractivity contribution in [3.63, 3.8) is 0 Å². The van der Waals surface area contributed by atoms with Gasteiger partial charge in [0, 0.05) is 37.9 Å². The fourth-order valence-corrected chi connectivity index (χ4v) is 11.7. The Kier molecular flexibility index (Phi) is 30.8. The summed E-state index contributed by atoms with van der Waals surface area (Å²) < 4.78 is 25.8. The molecule has 0 aliphatic rings. The minimum absolute atomic E-state index is 0.219. The smallest absolute Gasteiger partial charge is 0.144 e. The van der Waals surface area contributed by atoms with Crippen LogP contribution < -0.4 is 0 Å². The minimum Gasteiger partial charge on any atom is -0.354 e. The molecule has 242 valence electrons. The Hall–Kier alpha value is 0.974. The van der Waals surface area contributed by atoms with Gasteiger partial charge in [-0.2, -0.15) is 0 Å². The maximum Gasteiger partial charge on any atom is 0.144 e. The summed E-state index contributed by atoms with van der Waals surface area (Å²) >= 11 is 0. The first-order valence-corrected chi connectivity index (χ1v) is 23.3. The second-order valence-corrected chi connectivity index (χ2v) is 18.7. The van der Waals surface area contributed by atoms with Gasteiger partial charge in [0.1, 0.15) is 10.8 Å². The van der Waals surface area contributed by atoms with Crippen LogP contribution in [0.5, 0.6) is 0 Å². The standard InChI is InChI=1S/C32H70O4S2Si2/c1-7-13-19-29-39-31(33-23-9-3,34-24-10-4)21-15-17-27-37-38-28-18-16-22-32(35-25-11-5,36-26-12-6)40-30-20-14-8-2/h7-30,39-40H2,1-6H3. The van der Waals surface area contributed by atoms with Gasteiger partial charge in [0.05, 0.1) is 19.0 Å². The van der Waals surface area contributed by atoms with E-state index in [9.17, 15) is 0 Å². The van der Waals surface area contributed by atoms with Gasteiger partial charge in [0.2, 0.25) is 0 Å². The molecule has 0 aromatic carbocycles. The SMILES string of the molecule is CCCCC[SiH2]C(CCCCSSCCCCC(OCCC)(OCCC)[SiH2]CCCCC)(OCCC)OCCC. The highest BCUT2D eigenvalue weighted by Crippen LogP contribution is 2.29. The molecule has 0 unspecified atom stereocenters. The van der Waals surface area contributed by atoms with Crippen LogP contribution in [-0.2, 0) is 18.9 Å². The van der Waals surface area contributed by atoms with Gasteiger partial charge in [0.25, 0.3) is 0 Å². The Balaban J connectivity index is 4.44. The maximum atomic E-state index is 6.46. The van der Waals surface area contributed by atoms with E-state index in [2.05, 4.69) is 63.1 Å². The fraction of sp³-hybridized carbons (Fsp3) is 1.00. The second-order valence-electron chi connectivity index (χ2n) is 11.4. The third-order valence-electron chi connectivity index (χ3n) is 7.25. The second kappa shape index (κ2) is 30.0. The summed E-state index contributed by atoms with van der Waals surface area (Å²) in [5.41, 5.74) is -0.437. The first-order chi connectivity index (χ1) is 19.6.